The van der Waals surface area contributed by atoms with Crippen molar-refractivity contribution in [2.45, 2.75) is 24.8 Å². The van der Waals surface area contributed by atoms with E-state index in [4.69, 9.17) is 16.3 Å². The third-order valence-electron chi connectivity index (χ3n) is 5.13. The number of benzene rings is 1. The third-order valence-corrected chi connectivity index (χ3v) is 5.36. The average molecular weight is 404 g/mol. The maximum Gasteiger partial charge on any atom is 0.407 e. The molecule has 146 valence electrons. The SMILES string of the molecule is O=C1N[C@H](CCC(=O)N2CC(c3ccc(-c4ccc(Cl)cc4F)cn3)C2)CO1. The predicted molar refractivity (Wildman–Crippen MR) is 101 cm³/mol. The Hall–Kier alpha value is -2.67. The van der Waals surface area contributed by atoms with Crippen molar-refractivity contribution in [2.75, 3.05) is 19.7 Å². The van der Waals surface area contributed by atoms with Crippen molar-refractivity contribution in [3.63, 3.8) is 0 Å². The van der Waals surface area contributed by atoms with Crippen LogP contribution in [0.2, 0.25) is 5.02 Å². The lowest BCUT2D eigenvalue weighted by atomic mass is 9.94. The molecule has 2 amide bonds. The van der Waals surface area contributed by atoms with E-state index in [-0.39, 0.29) is 23.7 Å². The zero-order chi connectivity index (χ0) is 19.7. The number of carbonyl (C=O) groups excluding carboxylic acids is 2. The normalized spacial score (nSPS) is 19.1. The van der Waals surface area contributed by atoms with Crippen LogP contribution in [0.3, 0.4) is 0 Å². The van der Waals surface area contributed by atoms with Crippen LogP contribution in [0.15, 0.2) is 36.5 Å². The number of nitrogens with one attached hydrogen (secondary N) is 1. The van der Waals surface area contributed by atoms with Gasteiger partial charge < -0.3 is 15.0 Å². The molecule has 1 N–H and O–H groups in total. The zero-order valence-corrected chi connectivity index (χ0v) is 15.8. The smallest absolute Gasteiger partial charge is 0.407 e. The van der Waals surface area contributed by atoms with Crippen LogP contribution in [-0.4, -0.2) is 47.6 Å². The van der Waals surface area contributed by atoms with E-state index >= 15 is 0 Å². The number of alkyl carbamates (subject to hydrolysis) is 1. The van der Waals surface area contributed by atoms with Gasteiger partial charge in [0, 0.05) is 53.5 Å². The standard InChI is InChI=1S/C20H19ClFN3O3/c21-14-2-4-16(17(22)7-14)12-1-5-18(23-8-12)13-9-25(10-13)19(26)6-3-15-11-28-20(27)24-15/h1-2,4-5,7-8,13,15H,3,6,9-11H2,(H,24,27)/t15-/m1/s1. The summed E-state index contributed by atoms with van der Waals surface area (Å²) in [6.07, 6.45) is 2.18. The monoisotopic (exact) mass is 403 g/mol. The van der Waals surface area contributed by atoms with E-state index in [1.54, 1.807) is 23.2 Å². The second kappa shape index (κ2) is 7.75. The first kappa shape index (κ1) is 18.7. The number of carbonyl (C=O) groups is 2. The quantitative estimate of drug-likeness (QED) is 0.831. The highest BCUT2D eigenvalue weighted by Crippen LogP contribution is 2.29. The largest absolute Gasteiger partial charge is 0.447 e. The Morgan fingerprint density at radius 3 is 2.79 bits per heavy atom. The lowest BCUT2D eigenvalue weighted by Gasteiger charge is -2.39. The number of cyclic esters (lactones) is 1. The Balaban J connectivity index is 1.29. The van der Waals surface area contributed by atoms with Crippen LogP contribution >= 0.6 is 11.6 Å². The summed E-state index contributed by atoms with van der Waals surface area (Å²) in [5.74, 6) is -0.133. The highest BCUT2D eigenvalue weighted by atomic mass is 35.5. The van der Waals surface area contributed by atoms with Gasteiger partial charge in [-0.2, -0.15) is 0 Å². The van der Waals surface area contributed by atoms with Crippen molar-refractivity contribution in [1.29, 1.82) is 0 Å². The summed E-state index contributed by atoms with van der Waals surface area (Å²) in [4.78, 5) is 29.5. The molecule has 0 unspecified atom stereocenters. The van der Waals surface area contributed by atoms with E-state index in [1.165, 1.54) is 6.07 Å². The molecule has 2 saturated heterocycles. The predicted octanol–water partition coefficient (Wildman–Crippen LogP) is 3.36. The molecule has 0 spiro atoms. The van der Waals surface area contributed by atoms with Crippen molar-refractivity contribution in [3.05, 3.63) is 53.1 Å². The number of hydrogen-bond donors (Lipinski definition) is 1. The van der Waals surface area contributed by atoms with Crippen LogP contribution in [0, 0.1) is 5.82 Å². The number of nitrogens with zero attached hydrogens (tertiary/aromatic N) is 2. The second-order valence-corrected chi connectivity index (χ2v) is 7.51. The van der Waals surface area contributed by atoms with Gasteiger partial charge in [0.2, 0.25) is 5.91 Å². The molecule has 0 saturated carbocycles. The number of likely N-dealkylation sites (tertiary alicyclic amines) is 1. The lowest BCUT2D eigenvalue weighted by molar-refractivity contribution is -0.135. The molecule has 6 nitrogen and oxygen atoms in total. The topological polar surface area (TPSA) is 71.5 Å². The van der Waals surface area contributed by atoms with Gasteiger partial charge in [-0.1, -0.05) is 17.7 Å². The van der Waals surface area contributed by atoms with Gasteiger partial charge in [-0.25, -0.2) is 9.18 Å². The molecule has 3 heterocycles. The number of pyridine rings is 1. The number of amides is 2. The van der Waals surface area contributed by atoms with Crippen LogP contribution in [0.5, 0.6) is 0 Å². The number of ether oxygens (including phenoxy) is 1. The summed E-state index contributed by atoms with van der Waals surface area (Å²) < 4.78 is 18.8. The summed E-state index contributed by atoms with van der Waals surface area (Å²) in [6, 6.07) is 8.19. The fraction of sp³-hybridized carbons (Fsp3) is 0.350. The van der Waals surface area contributed by atoms with Crippen LogP contribution in [0.1, 0.15) is 24.5 Å². The first-order valence-electron chi connectivity index (χ1n) is 9.12. The first-order chi connectivity index (χ1) is 13.5. The lowest BCUT2D eigenvalue weighted by Crippen LogP contribution is -2.49. The van der Waals surface area contributed by atoms with E-state index in [0.717, 1.165) is 5.69 Å². The van der Waals surface area contributed by atoms with E-state index in [0.29, 0.717) is 48.7 Å². The second-order valence-electron chi connectivity index (χ2n) is 7.07. The summed E-state index contributed by atoms with van der Waals surface area (Å²) in [7, 11) is 0. The highest BCUT2D eigenvalue weighted by molar-refractivity contribution is 6.30. The van der Waals surface area contributed by atoms with Gasteiger partial charge >= 0.3 is 6.09 Å². The van der Waals surface area contributed by atoms with Gasteiger partial charge in [0.1, 0.15) is 12.4 Å². The summed E-state index contributed by atoms with van der Waals surface area (Å²) in [5, 5.41) is 3.02. The molecule has 1 atom stereocenters. The fourth-order valence-corrected chi connectivity index (χ4v) is 3.60. The minimum absolute atomic E-state index is 0.0669. The van der Waals surface area contributed by atoms with Crippen molar-refractivity contribution in [3.8, 4) is 11.1 Å². The molecule has 8 heteroatoms. The zero-order valence-electron chi connectivity index (χ0n) is 15.0. The van der Waals surface area contributed by atoms with Gasteiger partial charge in [-0.05, 0) is 30.7 Å². The molecule has 0 aliphatic carbocycles. The molecular weight excluding hydrogens is 385 g/mol. The summed E-state index contributed by atoms with van der Waals surface area (Å²) in [5.41, 5.74) is 2.03. The Kier molecular flexibility index (Phi) is 5.17. The maximum atomic E-state index is 14.0. The summed E-state index contributed by atoms with van der Waals surface area (Å²) >= 11 is 5.79. The molecule has 0 radical (unpaired) electrons. The molecule has 1 aromatic carbocycles. The van der Waals surface area contributed by atoms with Crippen molar-refractivity contribution < 1.29 is 18.7 Å². The van der Waals surface area contributed by atoms with Gasteiger partial charge in [-0.3, -0.25) is 9.78 Å². The maximum absolute atomic E-state index is 14.0. The molecule has 4 rings (SSSR count). The van der Waals surface area contributed by atoms with E-state index in [9.17, 15) is 14.0 Å². The Morgan fingerprint density at radius 2 is 2.14 bits per heavy atom. The van der Waals surface area contributed by atoms with Crippen molar-refractivity contribution in [2.24, 2.45) is 0 Å². The van der Waals surface area contributed by atoms with E-state index in [1.807, 2.05) is 12.1 Å². The minimum atomic E-state index is -0.422. The Labute approximate surface area is 166 Å². The molecule has 2 fully saturated rings. The van der Waals surface area contributed by atoms with Crippen LogP contribution in [0.4, 0.5) is 9.18 Å². The Bertz CT molecular complexity index is 900. The molecule has 2 aliphatic rings. The minimum Gasteiger partial charge on any atom is -0.447 e. The highest BCUT2D eigenvalue weighted by Gasteiger charge is 2.33. The number of aromatic nitrogens is 1. The molecule has 2 aromatic rings. The number of hydrogen-bond acceptors (Lipinski definition) is 4. The molecule has 0 bridgehead atoms. The molecule has 2 aliphatic heterocycles. The number of halogens is 2. The molecular formula is C20H19ClFN3O3. The van der Waals surface area contributed by atoms with Gasteiger partial charge in [-0.15, -0.1) is 0 Å². The van der Waals surface area contributed by atoms with Crippen molar-refractivity contribution in [1.82, 2.24) is 15.2 Å². The van der Waals surface area contributed by atoms with Crippen molar-refractivity contribution >= 4 is 23.6 Å². The molecule has 28 heavy (non-hydrogen) atoms. The van der Waals surface area contributed by atoms with Crippen LogP contribution < -0.4 is 5.32 Å². The fourth-order valence-electron chi connectivity index (χ4n) is 3.44. The van der Waals surface area contributed by atoms with Crippen LogP contribution in [-0.2, 0) is 9.53 Å². The van der Waals surface area contributed by atoms with Gasteiger partial charge in [0.15, 0.2) is 0 Å². The number of rotatable bonds is 5. The third kappa shape index (κ3) is 3.94. The van der Waals surface area contributed by atoms with Gasteiger partial charge in [0.25, 0.3) is 0 Å². The van der Waals surface area contributed by atoms with E-state index < -0.39 is 6.09 Å². The first-order valence-corrected chi connectivity index (χ1v) is 9.50. The molecule has 1 aromatic heterocycles. The van der Waals surface area contributed by atoms with Gasteiger partial charge in [0.05, 0.1) is 6.04 Å². The summed E-state index contributed by atoms with van der Waals surface area (Å²) in [6.45, 7) is 1.56. The Morgan fingerprint density at radius 1 is 1.32 bits per heavy atom. The van der Waals surface area contributed by atoms with E-state index in [2.05, 4.69) is 10.3 Å². The average Bonchev–Trinajstić information content (AvgIpc) is 3.05. The van der Waals surface area contributed by atoms with Crippen LogP contribution in [0.25, 0.3) is 11.1 Å².